The summed E-state index contributed by atoms with van der Waals surface area (Å²) in [6.45, 7) is 0.867. The number of alkyl halides is 3. The van der Waals surface area contributed by atoms with Crippen LogP contribution < -0.4 is 20.9 Å². The molecule has 8 nitrogen and oxygen atoms in total. The first-order valence-corrected chi connectivity index (χ1v) is 10.9. The zero-order valence-electron chi connectivity index (χ0n) is 18.2. The minimum Gasteiger partial charge on any atom is -0.355 e. The predicted molar refractivity (Wildman–Crippen MR) is 116 cm³/mol. The molecule has 34 heavy (non-hydrogen) atoms. The van der Waals surface area contributed by atoms with E-state index in [1.165, 1.54) is 24.5 Å². The van der Waals surface area contributed by atoms with Crippen molar-refractivity contribution < 1.29 is 27.2 Å². The molecule has 2 aliphatic heterocycles. The van der Waals surface area contributed by atoms with Crippen molar-refractivity contribution in [2.24, 2.45) is 11.8 Å². The molecule has 1 atom stereocenters. The lowest BCUT2D eigenvalue weighted by Gasteiger charge is -2.32. The summed E-state index contributed by atoms with van der Waals surface area (Å²) in [5, 5.41) is 8.17. The topological polar surface area (TPSA) is 99.2 Å². The lowest BCUT2D eigenvalue weighted by atomic mass is 9.96. The van der Waals surface area contributed by atoms with Crippen molar-refractivity contribution in [3.8, 4) is 0 Å². The quantitative estimate of drug-likeness (QED) is 0.550. The number of nitrogens with zero attached hydrogens (tertiary/aromatic N) is 3. The van der Waals surface area contributed by atoms with Crippen LogP contribution in [-0.2, 0) is 16.1 Å². The van der Waals surface area contributed by atoms with Gasteiger partial charge in [-0.15, -0.1) is 0 Å². The van der Waals surface area contributed by atoms with Crippen molar-refractivity contribution >= 4 is 29.1 Å². The Morgan fingerprint density at radius 2 is 1.88 bits per heavy atom. The Bertz CT molecular complexity index is 1040. The summed E-state index contributed by atoms with van der Waals surface area (Å²) >= 11 is 0. The normalized spacial score (nSPS) is 19.1. The summed E-state index contributed by atoms with van der Waals surface area (Å²) in [6.07, 6.45) is -1.14. The Labute approximate surface area is 193 Å². The SMILES string of the molecule is O=C1CC(C(=O)NCc2ccc(Nc3cnc(N4CCC(C(F)(F)F)CC4)nc3)c(F)c2)CN1. The van der Waals surface area contributed by atoms with Gasteiger partial charge in [-0.05, 0) is 30.5 Å². The number of anilines is 3. The zero-order valence-corrected chi connectivity index (χ0v) is 18.2. The molecule has 2 saturated heterocycles. The van der Waals surface area contributed by atoms with Gasteiger partial charge in [-0.1, -0.05) is 6.07 Å². The van der Waals surface area contributed by atoms with E-state index in [0.717, 1.165) is 0 Å². The van der Waals surface area contributed by atoms with Gasteiger partial charge in [0, 0.05) is 32.6 Å². The molecule has 3 N–H and O–H groups in total. The number of nitrogens with one attached hydrogen (secondary N) is 3. The van der Waals surface area contributed by atoms with Crippen molar-refractivity contribution in [2.45, 2.75) is 32.0 Å². The lowest BCUT2D eigenvalue weighted by Crippen LogP contribution is -2.39. The monoisotopic (exact) mass is 480 g/mol. The van der Waals surface area contributed by atoms with Crippen molar-refractivity contribution in [3.63, 3.8) is 0 Å². The summed E-state index contributed by atoms with van der Waals surface area (Å²) in [7, 11) is 0. The van der Waals surface area contributed by atoms with Crippen LogP contribution in [0.5, 0.6) is 0 Å². The molecule has 2 aromatic rings. The van der Waals surface area contributed by atoms with Crippen LogP contribution in [-0.4, -0.2) is 47.6 Å². The van der Waals surface area contributed by atoms with Gasteiger partial charge in [0.05, 0.1) is 35.6 Å². The Hall–Kier alpha value is -3.44. The first-order valence-electron chi connectivity index (χ1n) is 10.9. The van der Waals surface area contributed by atoms with Gasteiger partial charge in [-0.25, -0.2) is 14.4 Å². The number of carbonyl (C=O) groups is 2. The predicted octanol–water partition coefficient (Wildman–Crippen LogP) is 2.89. The fraction of sp³-hybridized carbons (Fsp3) is 0.455. The highest BCUT2D eigenvalue weighted by Crippen LogP contribution is 2.34. The number of hydrogen-bond acceptors (Lipinski definition) is 6. The van der Waals surface area contributed by atoms with Crippen molar-refractivity contribution in [1.82, 2.24) is 20.6 Å². The highest BCUT2D eigenvalue weighted by atomic mass is 19.4. The Balaban J connectivity index is 1.30. The van der Waals surface area contributed by atoms with Crippen molar-refractivity contribution in [1.29, 1.82) is 0 Å². The first-order chi connectivity index (χ1) is 16.2. The molecule has 3 heterocycles. The number of carbonyl (C=O) groups excluding carboxylic acids is 2. The van der Waals surface area contributed by atoms with Gasteiger partial charge in [-0.3, -0.25) is 9.59 Å². The van der Waals surface area contributed by atoms with E-state index in [0.29, 0.717) is 23.7 Å². The number of aromatic nitrogens is 2. The van der Waals surface area contributed by atoms with Gasteiger partial charge in [0.25, 0.3) is 0 Å². The maximum atomic E-state index is 14.5. The van der Waals surface area contributed by atoms with Crippen LogP contribution in [0.1, 0.15) is 24.8 Å². The molecule has 1 aromatic carbocycles. The van der Waals surface area contributed by atoms with Gasteiger partial charge < -0.3 is 20.9 Å². The van der Waals surface area contributed by atoms with Crippen LogP contribution in [0.15, 0.2) is 30.6 Å². The van der Waals surface area contributed by atoms with E-state index in [-0.39, 0.29) is 56.4 Å². The maximum Gasteiger partial charge on any atom is 0.391 e. The summed E-state index contributed by atoms with van der Waals surface area (Å²) in [5.41, 5.74) is 1.16. The van der Waals surface area contributed by atoms with Gasteiger partial charge in [-0.2, -0.15) is 13.2 Å². The summed E-state index contributed by atoms with van der Waals surface area (Å²) in [6, 6.07) is 4.47. The molecular formula is C22H24F4N6O2. The number of rotatable bonds is 6. The van der Waals surface area contributed by atoms with Crippen LogP contribution in [0.25, 0.3) is 0 Å². The number of benzene rings is 1. The smallest absolute Gasteiger partial charge is 0.355 e. The minimum atomic E-state index is -4.18. The van der Waals surface area contributed by atoms with Crippen LogP contribution in [0.2, 0.25) is 0 Å². The molecule has 2 aliphatic rings. The molecule has 2 fully saturated rings. The summed E-state index contributed by atoms with van der Waals surface area (Å²) in [5.74, 6) is -2.35. The molecule has 12 heteroatoms. The molecule has 0 saturated carbocycles. The molecular weight excluding hydrogens is 456 g/mol. The Kier molecular flexibility index (Phi) is 6.85. The Morgan fingerprint density at radius 3 is 2.47 bits per heavy atom. The van der Waals surface area contributed by atoms with Crippen LogP contribution in [0.3, 0.4) is 0 Å². The van der Waals surface area contributed by atoms with Crippen molar-refractivity contribution in [3.05, 3.63) is 42.0 Å². The molecule has 4 rings (SSSR count). The molecule has 2 amide bonds. The minimum absolute atomic E-state index is 0.000541. The van der Waals surface area contributed by atoms with E-state index in [2.05, 4.69) is 25.9 Å². The average Bonchev–Trinajstić information content (AvgIpc) is 3.25. The van der Waals surface area contributed by atoms with E-state index in [4.69, 9.17) is 0 Å². The summed E-state index contributed by atoms with van der Waals surface area (Å²) in [4.78, 5) is 33.4. The molecule has 1 unspecified atom stereocenters. The third-order valence-electron chi connectivity index (χ3n) is 6.01. The second kappa shape index (κ2) is 9.82. The molecule has 0 spiro atoms. The second-order valence-corrected chi connectivity index (χ2v) is 8.44. The lowest BCUT2D eigenvalue weighted by molar-refractivity contribution is -0.179. The standard InChI is InChI=1S/C22H24F4N6O2/c23-17-7-13(9-28-20(34)14-8-19(33)27-10-14)1-2-18(17)31-16-11-29-21(30-12-16)32-5-3-15(4-6-32)22(24,25)26/h1-2,7,11-12,14-15,31H,3-6,8-10H2,(H,27,33)(H,28,34). The summed E-state index contributed by atoms with van der Waals surface area (Å²) < 4.78 is 53.0. The largest absolute Gasteiger partial charge is 0.391 e. The fourth-order valence-corrected chi connectivity index (χ4v) is 4.01. The molecule has 0 radical (unpaired) electrons. The first kappa shape index (κ1) is 23.7. The third kappa shape index (κ3) is 5.72. The molecule has 0 bridgehead atoms. The van der Waals surface area contributed by atoms with E-state index < -0.39 is 23.8 Å². The Morgan fingerprint density at radius 1 is 1.18 bits per heavy atom. The van der Waals surface area contributed by atoms with Gasteiger partial charge in [0.15, 0.2) is 0 Å². The van der Waals surface area contributed by atoms with Crippen LogP contribution >= 0.6 is 0 Å². The number of halogens is 4. The van der Waals surface area contributed by atoms with E-state index >= 15 is 0 Å². The maximum absolute atomic E-state index is 14.5. The average molecular weight is 480 g/mol. The fourth-order valence-electron chi connectivity index (χ4n) is 4.01. The van der Waals surface area contributed by atoms with E-state index in [9.17, 15) is 27.2 Å². The number of hydrogen-bond donors (Lipinski definition) is 3. The van der Waals surface area contributed by atoms with Gasteiger partial charge in [0.2, 0.25) is 17.8 Å². The van der Waals surface area contributed by atoms with E-state index in [1.54, 1.807) is 11.0 Å². The zero-order chi connectivity index (χ0) is 24.3. The van der Waals surface area contributed by atoms with Crippen LogP contribution in [0, 0.1) is 17.7 Å². The third-order valence-corrected chi connectivity index (χ3v) is 6.01. The second-order valence-electron chi connectivity index (χ2n) is 8.44. The number of amides is 2. The highest BCUT2D eigenvalue weighted by Gasteiger charge is 2.41. The highest BCUT2D eigenvalue weighted by molar-refractivity contribution is 5.89. The van der Waals surface area contributed by atoms with Crippen molar-refractivity contribution in [2.75, 3.05) is 29.9 Å². The van der Waals surface area contributed by atoms with Gasteiger partial charge >= 0.3 is 6.18 Å². The molecule has 0 aliphatic carbocycles. The van der Waals surface area contributed by atoms with E-state index in [1.807, 2.05) is 0 Å². The number of piperidine rings is 1. The van der Waals surface area contributed by atoms with Crippen LogP contribution in [0.4, 0.5) is 34.9 Å². The molecule has 182 valence electrons. The van der Waals surface area contributed by atoms with Gasteiger partial charge in [0.1, 0.15) is 5.82 Å². The molecule has 1 aromatic heterocycles.